The Kier molecular flexibility index (Phi) is 7.37. The summed E-state index contributed by atoms with van der Waals surface area (Å²) in [6.07, 6.45) is 4.41. The third kappa shape index (κ3) is 5.59. The van der Waals surface area contributed by atoms with Crippen molar-refractivity contribution >= 4 is 11.8 Å². The topological polar surface area (TPSA) is 77.1 Å². The maximum absolute atomic E-state index is 12.6. The molecule has 1 heterocycles. The molecule has 1 atom stereocenters. The molecule has 1 aliphatic carbocycles. The predicted molar refractivity (Wildman–Crippen MR) is 125 cm³/mol. The zero-order valence-electron chi connectivity index (χ0n) is 19.4. The van der Waals surface area contributed by atoms with E-state index in [0.717, 1.165) is 24.2 Å². The van der Waals surface area contributed by atoms with Crippen LogP contribution in [0.2, 0.25) is 0 Å². The van der Waals surface area contributed by atoms with E-state index in [1.807, 2.05) is 24.3 Å². The Morgan fingerprint density at radius 2 is 1.88 bits per heavy atom. The number of ether oxygens (including phenoxy) is 3. The maximum Gasteiger partial charge on any atom is 0.225 e. The molecule has 1 N–H and O–H groups in total. The number of carbonyl (C=O) groups is 2. The second kappa shape index (κ2) is 10.6. The molecule has 4 rings (SSSR count). The number of nitrogens with zero attached hydrogens (tertiary/aromatic N) is 1. The summed E-state index contributed by atoms with van der Waals surface area (Å²) >= 11 is 0. The van der Waals surface area contributed by atoms with Gasteiger partial charge in [-0.25, -0.2) is 0 Å². The van der Waals surface area contributed by atoms with Crippen molar-refractivity contribution in [2.24, 2.45) is 5.92 Å². The van der Waals surface area contributed by atoms with E-state index >= 15 is 0 Å². The molecule has 0 spiro atoms. The molecule has 2 aliphatic rings. The Balaban J connectivity index is 1.19. The second-order valence-electron chi connectivity index (χ2n) is 8.60. The highest BCUT2D eigenvalue weighted by Gasteiger charge is 2.33. The Labute approximate surface area is 195 Å². The number of hydrogen-bond donors (Lipinski definition) is 1. The lowest BCUT2D eigenvalue weighted by Gasteiger charge is -2.17. The van der Waals surface area contributed by atoms with E-state index in [2.05, 4.69) is 17.4 Å². The number of rotatable bonds is 10. The highest BCUT2D eigenvalue weighted by molar-refractivity contribution is 5.89. The summed E-state index contributed by atoms with van der Waals surface area (Å²) in [4.78, 5) is 26.7. The van der Waals surface area contributed by atoms with E-state index in [-0.39, 0.29) is 24.2 Å². The summed E-state index contributed by atoms with van der Waals surface area (Å²) in [5.74, 6) is 1.81. The summed E-state index contributed by atoms with van der Waals surface area (Å²) in [6, 6.07) is 12.0. The SMILES string of the molecule is COc1ccc(CCN2CC(C(=O)NCCOc3ccc4c(c3)CCC4)CC2=O)cc1OC. The number of amides is 2. The van der Waals surface area contributed by atoms with Crippen LogP contribution in [0.25, 0.3) is 0 Å². The molecule has 0 saturated carbocycles. The fraction of sp³-hybridized carbons (Fsp3) is 0.462. The van der Waals surface area contributed by atoms with Crippen LogP contribution in [-0.4, -0.2) is 57.2 Å². The molecule has 2 aromatic rings. The summed E-state index contributed by atoms with van der Waals surface area (Å²) in [7, 11) is 3.20. The Bertz CT molecular complexity index is 1010. The number of nitrogens with one attached hydrogen (secondary N) is 1. The molecule has 1 saturated heterocycles. The number of fused-ring (bicyclic) bond motifs is 1. The smallest absolute Gasteiger partial charge is 0.225 e. The lowest BCUT2D eigenvalue weighted by molar-refractivity contribution is -0.129. The van der Waals surface area contributed by atoms with Gasteiger partial charge in [0.25, 0.3) is 0 Å². The highest BCUT2D eigenvalue weighted by Crippen LogP contribution is 2.28. The van der Waals surface area contributed by atoms with Crippen LogP contribution in [0.15, 0.2) is 36.4 Å². The number of hydrogen-bond acceptors (Lipinski definition) is 5. The molecular formula is C26H32N2O5. The van der Waals surface area contributed by atoms with E-state index in [0.29, 0.717) is 44.2 Å². The fourth-order valence-electron chi connectivity index (χ4n) is 4.59. The minimum atomic E-state index is -0.317. The van der Waals surface area contributed by atoms with Gasteiger partial charge in [0.1, 0.15) is 12.4 Å². The third-order valence-corrected chi connectivity index (χ3v) is 6.44. The first-order chi connectivity index (χ1) is 16.1. The molecular weight excluding hydrogens is 420 g/mol. The summed E-state index contributed by atoms with van der Waals surface area (Å²) < 4.78 is 16.4. The zero-order chi connectivity index (χ0) is 23.2. The van der Waals surface area contributed by atoms with E-state index in [1.54, 1.807) is 19.1 Å². The standard InChI is InChI=1S/C26H32N2O5/c1-31-23-9-6-18(14-24(23)32-2)10-12-28-17-21(16-25(28)29)26(30)27-11-13-33-22-8-7-19-4-3-5-20(19)15-22/h6-9,14-15,21H,3-5,10-13,16-17H2,1-2H3,(H,27,30). The van der Waals surface area contributed by atoms with Gasteiger partial charge in [-0.3, -0.25) is 9.59 Å². The molecule has 7 nitrogen and oxygen atoms in total. The first kappa shape index (κ1) is 23.0. The summed E-state index contributed by atoms with van der Waals surface area (Å²) in [5.41, 5.74) is 3.84. The highest BCUT2D eigenvalue weighted by atomic mass is 16.5. The molecule has 0 radical (unpaired) electrons. The maximum atomic E-state index is 12.6. The van der Waals surface area contributed by atoms with Gasteiger partial charge in [0, 0.05) is 19.5 Å². The average Bonchev–Trinajstić information content (AvgIpc) is 3.46. The molecule has 7 heteroatoms. The van der Waals surface area contributed by atoms with Gasteiger partial charge in [0.15, 0.2) is 11.5 Å². The first-order valence-corrected chi connectivity index (χ1v) is 11.6. The Morgan fingerprint density at radius 3 is 2.70 bits per heavy atom. The molecule has 1 fully saturated rings. The van der Waals surface area contributed by atoms with Crippen LogP contribution in [0.4, 0.5) is 0 Å². The van der Waals surface area contributed by atoms with Gasteiger partial charge in [-0.05, 0) is 66.6 Å². The van der Waals surface area contributed by atoms with Crippen molar-refractivity contribution in [1.29, 1.82) is 0 Å². The largest absolute Gasteiger partial charge is 0.493 e. The number of aryl methyl sites for hydroxylation is 2. The van der Waals surface area contributed by atoms with Crippen LogP contribution >= 0.6 is 0 Å². The molecule has 2 aromatic carbocycles. The van der Waals surface area contributed by atoms with E-state index < -0.39 is 0 Å². The normalized spacial score (nSPS) is 17.1. The molecule has 1 aliphatic heterocycles. The van der Waals surface area contributed by atoms with Gasteiger partial charge in [-0.2, -0.15) is 0 Å². The molecule has 176 valence electrons. The number of methoxy groups -OCH3 is 2. The van der Waals surface area contributed by atoms with Crippen molar-refractivity contribution in [3.05, 3.63) is 53.1 Å². The van der Waals surface area contributed by atoms with Crippen LogP contribution in [-0.2, 0) is 28.9 Å². The molecule has 33 heavy (non-hydrogen) atoms. The van der Waals surface area contributed by atoms with Crippen LogP contribution < -0.4 is 19.5 Å². The number of carbonyl (C=O) groups excluding carboxylic acids is 2. The van der Waals surface area contributed by atoms with Crippen LogP contribution in [0.5, 0.6) is 17.2 Å². The van der Waals surface area contributed by atoms with Crippen molar-refractivity contribution in [2.75, 3.05) is 40.5 Å². The van der Waals surface area contributed by atoms with Gasteiger partial charge in [-0.1, -0.05) is 12.1 Å². The average molecular weight is 453 g/mol. The lowest BCUT2D eigenvalue weighted by atomic mass is 10.1. The van der Waals surface area contributed by atoms with E-state index in [1.165, 1.54) is 17.5 Å². The lowest BCUT2D eigenvalue weighted by Crippen LogP contribution is -2.35. The van der Waals surface area contributed by atoms with Gasteiger partial charge in [0.05, 0.1) is 26.7 Å². The molecule has 2 amide bonds. The Morgan fingerprint density at radius 1 is 1.06 bits per heavy atom. The van der Waals surface area contributed by atoms with Gasteiger partial charge < -0.3 is 24.4 Å². The van der Waals surface area contributed by atoms with Crippen molar-refractivity contribution in [2.45, 2.75) is 32.1 Å². The molecule has 0 bridgehead atoms. The zero-order valence-corrected chi connectivity index (χ0v) is 19.4. The van der Waals surface area contributed by atoms with Crippen LogP contribution in [0.1, 0.15) is 29.5 Å². The third-order valence-electron chi connectivity index (χ3n) is 6.44. The van der Waals surface area contributed by atoms with Crippen molar-refractivity contribution < 1.29 is 23.8 Å². The molecule has 0 aromatic heterocycles. The first-order valence-electron chi connectivity index (χ1n) is 11.6. The van der Waals surface area contributed by atoms with E-state index in [4.69, 9.17) is 14.2 Å². The fourth-order valence-corrected chi connectivity index (χ4v) is 4.59. The quantitative estimate of drug-likeness (QED) is 0.561. The van der Waals surface area contributed by atoms with Crippen LogP contribution in [0, 0.1) is 5.92 Å². The molecule has 1 unspecified atom stereocenters. The summed E-state index contributed by atoms with van der Waals surface area (Å²) in [5, 5.41) is 2.92. The monoisotopic (exact) mass is 452 g/mol. The Hall–Kier alpha value is -3.22. The number of benzene rings is 2. The minimum absolute atomic E-state index is 0.0185. The van der Waals surface area contributed by atoms with Crippen molar-refractivity contribution in [1.82, 2.24) is 10.2 Å². The van der Waals surface area contributed by atoms with Gasteiger partial charge in [-0.15, -0.1) is 0 Å². The number of likely N-dealkylation sites (tertiary alicyclic amines) is 1. The van der Waals surface area contributed by atoms with Crippen molar-refractivity contribution in [3.63, 3.8) is 0 Å². The van der Waals surface area contributed by atoms with Crippen LogP contribution in [0.3, 0.4) is 0 Å². The predicted octanol–water partition coefficient (Wildman–Crippen LogP) is 2.78. The van der Waals surface area contributed by atoms with E-state index in [9.17, 15) is 9.59 Å². The van der Waals surface area contributed by atoms with Gasteiger partial charge in [0.2, 0.25) is 11.8 Å². The summed E-state index contributed by atoms with van der Waals surface area (Å²) in [6.45, 7) is 1.85. The van der Waals surface area contributed by atoms with Crippen molar-refractivity contribution in [3.8, 4) is 17.2 Å². The van der Waals surface area contributed by atoms with Gasteiger partial charge >= 0.3 is 0 Å². The second-order valence-corrected chi connectivity index (χ2v) is 8.60. The minimum Gasteiger partial charge on any atom is -0.493 e.